The molecule has 122 valence electrons. The Balaban J connectivity index is 1.39. The SMILES string of the molecule is CCNC1CCC(N2CCC(N3CCCCC3)CC2)CC1. The van der Waals surface area contributed by atoms with E-state index >= 15 is 0 Å². The Kier molecular flexibility index (Phi) is 5.96. The molecule has 0 aromatic carbocycles. The molecule has 1 N–H and O–H groups in total. The summed E-state index contributed by atoms with van der Waals surface area (Å²) in [5.74, 6) is 0. The van der Waals surface area contributed by atoms with Crippen molar-refractivity contribution in [1.82, 2.24) is 15.1 Å². The molecular formula is C18H35N3. The summed E-state index contributed by atoms with van der Waals surface area (Å²) in [5.41, 5.74) is 0. The molecule has 1 aliphatic carbocycles. The molecule has 0 aromatic heterocycles. The number of nitrogens with one attached hydrogen (secondary N) is 1. The molecule has 2 saturated heterocycles. The summed E-state index contributed by atoms with van der Waals surface area (Å²) in [5, 5.41) is 3.63. The van der Waals surface area contributed by atoms with Crippen LogP contribution in [0.4, 0.5) is 0 Å². The Hall–Kier alpha value is -0.120. The molecule has 0 bridgehead atoms. The number of hydrogen-bond acceptors (Lipinski definition) is 3. The number of hydrogen-bond donors (Lipinski definition) is 1. The minimum Gasteiger partial charge on any atom is -0.314 e. The van der Waals surface area contributed by atoms with Crippen LogP contribution in [0.15, 0.2) is 0 Å². The summed E-state index contributed by atoms with van der Waals surface area (Å²) in [6.07, 6.45) is 12.8. The zero-order chi connectivity index (χ0) is 14.5. The Morgan fingerprint density at radius 3 is 1.90 bits per heavy atom. The van der Waals surface area contributed by atoms with Crippen LogP contribution in [0.3, 0.4) is 0 Å². The Morgan fingerprint density at radius 1 is 0.714 bits per heavy atom. The summed E-state index contributed by atoms with van der Waals surface area (Å²) < 4.78 is 0. The lowest BCUT2D eigenvalue weighted by atomic mass is 9.88. The van der Waals surface area contributed by atoms with Gasteiger partial charge in [-0.05, 0) is 84.1 Å². The van der Waals surface area contributed by atoms with Crippen molar-refractivity contribution in [3.63, 3.8) is 0 Å². The van der Waals surface area contributed by atoms with E-state index in [-0.39, 0.29) is 0 Å². The molecule has 3 fully saturated rings. The normalized spacial score (nSPS) is 34.1. The predicted octanol–water partition coefficient (Wildman–Crippen LogP) is 2.86. The lowest BCUT2D eigenvalue weighted by Crippen LogP contribution is -2.50. The van der Waals surface area contributed by atoms with Crippen LogP contribution in [0.2, 0.25) is 0 Å². The van der Waals surface area contributed by atoms with E-state index in [1.54, 1.807) is 0 Å². The third-order valence-electron chi connectivity index (χ3n) is 6.11. The average Bonchev–Trinajstić information content (AvgIpc) is 2.57. The maximum Gasteiger partial charge on any atom is 0.0120 e. The van der Waals surface area contributed by atoms with Gasteiger partial charge in [-0.1, -0.05) is 13.3 Å². The molecule has 0 unspecified atom stereocenters. The highest BCUT2D eigenvalue weighted by molar-refractivity contribution is 4.87. The van der Waals surface area contributed by atoms with Gasteiger partial charge >= 0.3 is 0 Å². The van der Waals surface area contributed by atoms with Gasteiger partial charge in [0, 0.05) is 18.1 Å². The third kappa shape index (κ3) is 4.20. The van der Waals surface area contributed by atoms with E-state index in [2.05, 4.69) is 22.0 Å². The molecule has 1 saturated carbocycles. The number of nitrogens with zero attached hydrogens (tertiary/aromatic N) is 2. The van der Waals surface area contributed by atoms with Gasteiger partial charge in [-0.2, -0.15) is 0 Å². The highest BCUT2D eigenvalue weighted by Crippen LogP contribution is 2.27. The molecule has 21 heavy (non-hydrogen) atoms. The molecular weight excluding hydrogens is 258 g/mol. The highest BCUT2D eigenvalue weighted by Gasteiger charge is 2.30. The van der Waals surface area contributed by atoms with Gasteiger partial charge in [-0.15, -0.1) is 0 Å². The van der Waals surface area contributed by atoms with E-state index in [1.165, 1.54) is 84.0 Å². The van der Waals surface area contributed by atoms with Crippen molar-refractivity contribution in [3.8, 4) is 0 Å². The molecule has 0 atom stereocenters. The van der Waals surface area contributed by atoms with Crippen molar-refractivity contribution in [2.24, 2.45) is 0 Å². The van der Waals surface area contributed by atoms with Gasteiger partial charge in [-0.25, -0.2) is 0 Å². The number of likely N-dealkylation sites (tertiary alicyclic amines) is 2. The van der Waals surface area contributed by atoms with Gasteiger partial charge in [0.1, 0.15) is 0 Å². The molecule has 0 radical (unpaired) electrons. The second-order valence-corrected chi connectivity index (χ2v) is 7.43. The Labute approximate surface area is 131 Å². The average molecular weight is 293 g/mol. The molecule has 3 heteroatoms. The van der Waals surface area contributed by atoms with Crippen LogP contribution in [0.25, 0.3) is 0 Å². The van der Waals surface area contributed by atoms with E-state index in [0.29, 0.717) is 0 Å². The fraction of sp³-hybridized carbons (Fsp3) is 1.00. The zero-order valence-corrected chi connectivity index (χ0v) is 14.0. The minimum absolute atomic E-state index is 0.803. The van der Waals surface area contributed by atoms with E-state index in [9.17, 15) is 0 Å². The second-order valence-electron chi connectivity index (χ2n) is 7.43. The highest BCUT2D eigenvalue weighted by atomic mass is 15.2. The predicted molar refractivity (Wildman–Crippen MR) is 89.7 cm³/mol. The second kappa shape index (κ2) is 7.94. The van der Waals surface area contributed by atoms with Crippen LogP contribution < -0.4 is 5.32 Å². The Morgan fingerprint density at radius 2 is 1.29 bits per heavy atom. The maximum absolute atomic E-state index is 3.63. The van der Waals surface area contributed by atoms with Crippen molar-refractivity contribution < 1.29 is 0 Å². The largest absolute Gasteiger partial charge is 0.314 e. The first-order valence-corrected chi connectivity index (χ1v) is 9.58. The zero-order valence-electron chi connectivity index (χ0n) is 14.0. The first-order chi connectivity index (χ1) is 10.4. The smallest absolute Gasteiger partial charge is 0.0120 e. The van der Waals surface area contributed by atoms with E-state index < -0.39 is 0 Å². The number of piperidine rings is 2. The molecule has 0 spiro atoms. The topological polar surface area (TPSA) is 18.5 Å². The van der Waals surface area contributed by atoms with Gasteiger partial charge in [-0.3, -0.25) is 0 Å². The summed E-state index contributed by atoms with van der Waals surface area (Å²) in [6.45, 7) is 8.83. The summed E-state index contributed by atoms with van der Waals surface area (Å²) in [7, 11) is 0. The van der Waals surface area contributed by atoms with Gasteiger partial charge in [0.25, 0.3) is 0 Å². The van der Waals surface area contributed by atoms with E-state index in [0.717, 1.165) is 24.7 Å². The molecule has 0 amide bonds. The maximum atomic E-state index is 3.63. The van der Waals surface area contributed by atoms with E-state index in [1.807, 2.05) is 0 Å². The fourth-order valence-corrected chi connectivity index (χ4v) is 4.83. The molecule has 2 aliphatic heterocycles. The van der Waals surface area contributed by atoms with Crippen LogP contribution in [-0.2, 0) is 0 Å². The van der Waals surface area contributed by atoms with Crippen LogP contribution in [0.5, 0.6) is 0 Å². The molecule has 3 nitrogen and oxygen atoms in total. The molecule has 3 aliphatic rings. The monoisotopic (exact) mass is 293 g/mol. The molecule has 2 heterocycles. The summed E-state index contributed by atoms with van der Waals surface area (Å²) in [6, 6.07) is 2.60. The van der Waals surface area contributed by atoms with E-state index in [4.69, 9.17) is 0 Å². The summed E-state index contributed by atoms with van der Waals surface area (Å²) >= 11 is 0. The van der Waals surface area contributed by atoms with Crippen LogP contribution in [0.1, 0.15) is 64.7 Å². The van der Waals surface area contributed by atoms with Crippen molar-refractivity contribution >= 4 is 0 Å². The first-order valence-electron chi connectivity index (χ1n) is 9.58. The first kappa shape index (κ1) is 15.8. The van der Waals surface area contributed by atoms with Crippen molar-refractivity contribution in [2.75, 3.05) is 32.7 Å². The van der Waals surface area contributed by atoms with Gasteiger partial charge in [0.15, 0.2) is 0 Å². The molecule has 3 rings (SSSR count). The molecule has 0 aromatic rings. The lowest BCUT2D eigenvalue weighted by Gasteiger charge is -2.44. The Bertz CT molecular complexity index is 285. The van der Waals surface area contributed by atoms with Gasteiger partial charge in [0.2, 0.25) is 0 Å². The van der Waals surface area contributed by atoms with Crippen LogP contribution >= 0.6 is 0 Å². The minimum atomic E-state index is 0.803. The van der Waals surface area contributed by atoms with Crippen molar-refractivity contribution in [2.45, 2.75) is 82.8 Å². The third-order valence-corrected chi connectivity index (χ3v) is 6.11. The van der Waals surface area contributed by atoms with Crippen LogP contribution in [0, 0.1) is 0 Å². The summed E-state index contributed by atoms with van der Waals surface area (Å²) in [4.78, 5) is 5.62. The lowest BCUT2D eigenvalue weighted by molar-refractivity contribution is 0.0585. The number of rotatable bonds is 4. The van der Waals surface area contributed by atoms with Crippen molar-refractivity contribution in [1.29, 1.82) is 0 Å². The standard InChI is InChI=1S/C18H35N3/c1-2-19-16-6-8-17(9-7-16)21-14-10-18(11-15-21)20-12-4-3-5-13-20/h16-19H,2-15H2,1H3. The van der Waals surface area contributed by atoms with Crippen LogP contribution in [-0.4, -0.2) is 60.6 Å². The van der Waals surface area contributed by atoms with Gasteiger partial charge < -0.3 is 15.1 Å². The quantitative estimate of drug-likeness (QED) is 0.860. The fourth-order valence-electron chi connectivity index (χ4n) is 4.83. The van der Waals surface area contributed by atoms with Gasteiger partial charge in [0.05, 0.1) is 0 Å². The van der Waals surface area contributed by atoms with Crippen molar-refractivity contribution in [3.05, 3.63) is 0 Å².